The minimum absolute atomic E-state index is 0.464. The van der Waals surface area contributed by atoms with Crippen molar-refractivity contribution in [3.8, 4) is 11.5 Å². The molecule has 0 radical (unpaired) electrons. The number of guanidine groups is 2. The van der Waals surface area contributed by atoms with E-state index in [0.717, 1.165) is 17.3 Å². The molecule has 0 heterocycles. The third-order valence-electron chi connectivity index (χ3n) is 3.64. The summed E-state index contributed by atoms with van der Waals surface area (Å²) in [6, 6.07) is 15.3. The van der Waals surface area contributed by atoms with Gasteiger partial charge >= 0.3 is 0 Å². The monoisotopic (exact) mass is 369 g/mol. The SMILES string of the molecule is COc1ccc(N/C(N=C(N(C)C)N(C)C)=N/c2ccccc2)cc1OC. The van der Waals surface area contributed by atoms with Crippen LogP contribution in [0.3, 0.4) is 0 Å². The number of aliphatic imine (C=N–C) groups is 2. The van der Waals surface area contributed by atoms with Gasteiger partial charge in [0.05, 0.1) is 19.9 Å². The first-order valence-corrected chi connectivity index (χ1v) is 8.50. The predicted molar refractivity (Wildman–Crippen MR) is 112 cm³/mol. The molecule has 7 nitrogen and oxygen atoms in total. The average molecular weight is 369 g/mol. The van der Waals surface area contributed by atoms with Crippen molar-refractivity contribution in [1.29, 1.82) is 0 Å². The zero-order valence-corrected chi connectivity index (χ0v) is 16.7. The van der Waals surface area contributed by atoms with Gasteiger partial charge in [-0.1, -0.05) is 18.2 Å². The van der Waals surface area contributed by atoms with Crippen molar-refractivity contribution in [2.24, 2.45) is 9.98 Å². The van der Waals surface area contributed by atoms with Gasteiger partial charge < -0.3 is 24.6 Å². The van der Waals surface area contributed by atoms with E-state index in [1.54, 1.807) is 14.2 Å². The lowest BCUT2D eigenvalue weighted by Gasteiger charge is -2.23. The minimum Gasteiger partial charge on any atom is -0.493 e. The number of para-hydroxylation sites is 1. The van der Waals surface area contributed by atoms with Gasteiger partial charge in [0.25, 0.3) is 0 Å². The second-order valence-electron chi connectivity index (χ2n) is 6.17. The molecular formula is C20H27N5O2. The molecule has 0 unspecified atom stereocenters. The number of rotatable bonds is 4. The average Bonchev–Trinajstić information content (AvgIpc) is 2.66. The van der Waals surface area contributed by atoms with Gasteiger partial charge in [-0.05, 0) is 24.3 Å². The van der Waals surface area contributed by atoms with Crippen LogP contribution in [0.25, 0.3) is 0 Å². The van der Waals surface area contributed by atoms with Crippen molar-refractivity contribution in [1.82, 2.24) is 9.80 Å². The molecule has 2 rings (SSSR count). The molecule has 1 N–H and O–H groups in total. The minimum atomic E-state index is 0.464. The molecule has 0 atom stereocenters. The maximum absolute atomic E-state index is 5.38. The van der Waals surface area contributed by atoms with Crippen LogP contribution in [-0.4, -0.2) is 64.1 Å². The van der Waals surface area contributed by atoms with Crippen molar-refractivity contribution in [2.45, 2.75) is 0 Å². The summed E-state index contributed by atoms with van der Waals surface area (Å²) in [7, 11) is 11.0. The van der Waals surface area contributed by atoms with E-state index >= 15 is 0 Å². The molecule has 0 aliphatic carbocycles. The Hall–Kier alpha value is -3.22. The Morgan fingerprint density at radius 3 is 2.04 bits per heavy atom. The fourth-order valence-electron chi connectivity index (χ4n) is 2.44. The predicted octanol–water partition coefficient (Wildman–Crippen LogP) is 3.28. The first-order chi connectivity index (χ1) is 12.9. The van der Waals surface area contributed by atoms with Crippen LogP contribution in [0, 0.1) is 0 Å². The van der Waals surface area contributed by atoms with Crippen molar-refractivity contribution in [3.05, 3.63) is 48.5 Å². The maximum Gasteiger partial charge on any atom is 0.231 e. The molecule has 0 amide bonds. The molecule has 7 heteroatoms. The number of benzene rings is 2. The van der Waals surface area contributed by atoms with E-state index in [0.29, 0.717) is 17.5 Å². The molecule has 144 valence electrons. The van der Waals surface area contributed by atoms with Gasteiger partial charge in [-0.3, -0.25) is 0 Å². The van der Waals surface area contributed by atoms with E-state index in [1.807, 2.05) is 86.5 Å². The molecule has 27 heavy (non-hydrogen) atoms. The van der Waals surface area contributed by atoms with Gasteiger partial charge in [0, 0.05) is 39.9 Å². The van der Waals surface area contributed by atoms with Crippen LogP contribution in [0.1, 0.15) is 0 Å². The smallest absolute Gasteiger partial charge is 0.231 e. The van der Waals surface area contributed by atoms with Crippen molar-refractivity contribution in [3.63, 3.8) is 0 Å². The Balaban J connectivity index is 2.44. The lowest BCUT2D eigenvalue weighted by molar-refractivity contribution is 0.355. The van der Waals surface area contributed by atoms with Crippen LogP contribution in [0.2, 0.25) is 0 Å². The Bertz CT molecular complexity index is 791. The summed E-state index contributed by atoms with van der Waals surface area (Å²) in [5, 5.41) is 3.27. The molecule has 2 aromatic carbocycles. The normalized spacial score (nSPS) is 10.8. The summed E-state index contributed by atoms with van der Waals surface area (Å²) in [4.78, 5) is 13.2. The Kier molecular flexibility index (Phi) is 7.05. The molecule has 0 aliphatic rings. The molecule has 0 saturated carbocycles. The molecule has 0 aliphatic heterocycles. The third-order valence-corrected chi connectivity index (χ3v) is 3.64. The quantitative estimate of drug-likeness (QED) is 0.662. The van der Waals surface area contributed by atoms with Crippen LogP contribution >= 0.6 is 0 Å². The van der Waals surface area contributed by atoms with E-state index in [9.17, 15) is 0 Å². The number of hydrogen-bond acceptors (Lipinski definition) is 3. The zero-order valence-electron chi connectivity index (χ0n) is 16.7. The van der Waals surface area contributed by atoms with E-state index in [2.05, 4.69) is 10.3 Å². The number of hydrogen-bond donors (Lipinski definition) is 1. The zero-order chi connectivity index (χ0) is 19.8. The molecule has 0 spiro atoms. The van der Waals surface area contributed by atoms with Crippen molar-refractivity contribution >= 4 is 23.3 Å². The number of ether oxygens (including phenoxy) is 2. The topological polar surface area (TPSA) is 61.7 Å². The molecule has 0 fully saturated rings. The summed E-state index contributed by atoms with van der Waals surface area (Å²) < 4.78 is 10.7. The lowest BCUT2D eigenvalue weighted by atomic mass is 10.2. The Morgan fingerprint density at radius 2 is 1.48 bits per heavy atom. The Labute approximate surface area is 160 Å². The number of anilines is 1. The van der Waals surface area contributed by atoms with Crippen molar-refractivity contribution in [2.75, 3.05) is 47.7 Å². The second kappa shape index (κ2) is 9.47. The fourth-order valence-corrected chi connectivity index (χ4v) is 2.44. The molecular weight excluding hydrogens is 342 g/mol. The van der Waals surface area contributed by atoms with Gasteiger partial charge in [-0.2, -0.15) is 4.99 Å². The van der Waals surface area contributed by atoms with E-state index in [-0.39, 0.29) is 0 Å². The summed E-state index contributed by atoms with van der Waals surface area (Å²) in [5.74, 6) is 2.52. The molecule has 0 aromatic heterocycles. The van der Waals surface area contributed by atoms with Crippen molar-refractivity contribution < 1.29 is 9.47 Å². The highest BCUT2D eigenvalue weighted by Gasteiger charge is 2.10. The van der Waals surface area contributed by atoms with E-state index in [4.69, 9.17) is 14.5 Å². The van der Waals surface area contributed by atoms with Gasteiger partial charge in [-0.15, -0.1) is 0 Å². The summed E-state index contributed by atoms with van der Waals surface area (Å²) in [5.41, 5.74) is 1.60. The maximum atomic E-state index is 5.38. The van der Waals surface area contributed by atoms with Gasteiger partial charge in [0.1, 0.15) is 0 Å². The Morgan fingerprint density at radius 1 is 0.852 bits per heavy atom. The van der Waals surface area contributed by atoms with Gasteiger partial charge in [-0.25, -0.2) is 4.99 Å². The third kappa shape index (κ3) is 5.64. The largest absolute Gasteiger partial charge is 0.493 e. The highest BCUT2D eigenvalue weighted by molar-refractivity contribution is 6.03. The summed E-state index contributed by atoms with van der Waals surface area (Å²) >= 11 is 0. The number of nitrogens with zero attached hydrogens (tertiary/aromatic N) is 4. The standard InChI is InChI=1S/C20H27N5O2/c1-24(2)20(25(3)4)23-19(21-15-10-8-7-9-11-15)22-16-12-13-17(26-5)18(14-16)27-6/h7-14H,1-6H3,(H,21,22). The lowest BCUT2D eigenvalue weighted by Crippen LogP contribution is -2.36. The van der Waals surface area contributed by atoms with Crippen LogP contribution < -0.4 is 14.8 Å². The van der Waals surface area contributed by atoms with Crippen LogP contribution in [0.4, 0.5) is 11.4 Å². The van der Waals surface area contributed by atoms with Gasteiger partial charge in [0.2, 0.25) is 11.9 Å². The second-order valence-corrected chi connectivity index (χ2v) is 6.17. The number of methoxy groups -OCH3 is 2. The first kappa shape index (κ1) is 20.1. The van der Waals surface area contributed by atoms with E-state index in [1.165, 1.54) is 0 Å². The summed E-state index contributed by atoms with van der Waals surface area (Å²) in [6.45, 7) is 0. The van der Waals surface area contributed by atoms with Crippen LogP contribution in [0.15, 0.2) is 58.5 Å². The fraction of sp³-hybridized carbons (Fsp3) is 0.300. The van der Waals surface area contributed by atoms with Crippen LogP contribution in [-0.2, 0) is 0 Å². The molecule has 0 bridgehead atoms. The van der Waals surface area contributed by atoms with Gasteiger partial charge in [0.15, 0.2) is 11.5 Å². The van der Waals surface area contributed by atoms with E-state index < -0.39 is 0 Å². The number of nitrogens with one attached hydrogen (secondary N) is 1. The highest BCUT2D eigenvalue weighted by atomic mass is 16.5. The molecule has 0 saturated heterocycles. The highest BCUT2D eigenvalue weighted by Crippen LogP contribution is 2.30. The molecule has 2 aromatic rings. The first-order valence-electron chi connectivity index (χ1n) is 8.50. The summed E-state index contributed by atoms with van der Waals surface area (Å²) in [6.07, 6.45) is 0. The van der Waals surface area contributed by atoms with Crippen LogP contribution in [0.5, 0.6) is 11.5 Å².